The second-order valence-electron chi connectivity index (χ2n) is 8.44. The van der Waals surface area contributed by atoms with Gasteiger partial charge in [-0.15, -0.1) is 0 Å². The predicted octanol–water partition coefficient (Wildman–Crippen LogP) is 4.71. The lowest BCUT2D eigenvalue weighted by Gasteiger charge is -2.23. The van der Waals surface area contributed by atoms with E-state index in [0.717, 1.165) is 35.5 Å². The third kappa shape index (κ3) is 5.09. The number of fused-ring (bicyclic) bond motifs is 1. The topological polar surface area (TPSA) is 78.9 Å². The lowest BCUT2D eigenvalue weighted by Crippen LogP contribution is -2.30. The molecule has 0 bridgehead atoms. The largest absolute Gasteiger partial charge is 0.490 e. The number of pyridine rings is 1. The van der Waals surface area contributed by atoms with Crippen molar-refractivity contribution in [3.8, 4) is 23.0 Å². The first-order valence-electron chi connectivity index (χ1n) is 11.7. The van der Waals surface area contributed by atoms with E-state index in [0.29, 0.717) is 49.4 Å². The quantitative estimate of drug-likeness (QED) is 0.498. The lowest BCUT2D eigenvalue weighted by molar-refractivity contribution is 0.0931. The summed E-state index contributed by atoms with van der Waals surface area (Å²) in [5.74, 6) is 2.89. The number of ether oxygens (including phenoxy) is 4. The molecule has 5 rings (SSSR count). The Bertz CT molecular complexity index is 1150. The van der Waals surface area contributed by atoms with Gasteiger partial charge < -0.3 is 24.3 Å². The van der Waals surface area contributed by atoms with Gasteiger partial charge >= 0.3 is 0 Å². The molecule has 2 aromatic carbocycles. The van der Waals surface area contributed by atoms with E-state index in [1.54, 1.807) is 30.6 Å². The van der Waals surface area contributed by atoms with E-state index in [9.17, 15) is 4.79 Å². The van der Waals surface area contributed by atoms with Crippen LogP contribution in [-0.2, 0) is 6.61 Å². The normalized spacial score (nSPS) is 15.3. The van der Waals surface area contributed by atoms with Crippen molar-refractivity contribution in [1.29, 1.82) is 0 Å². The standard InChI is InChI=1S/C27H28N2O5/c1-2-31-24-15-21(8-10-23(24)34-17-18-4-3-11-28-16-18)27(30)29-26(19-5-6-19)20-7-9-22-25(14-20)33-13-12-32-22/h3-4,7-11,14-16,19,26H,2,5-6,12-13,17H2,1H3,(H,29,30). The molecule has 1 unspecified atom stereocenters. The Kier molecular flexibility index (Phi) is 6.51. The van der Waals surface area contributed by atoms with Gasteiger partial charge in [-0.25, -0.2) is 0 Å². The zero-order valence-electron chi connectivity index (χ0n) is 19.2. The highest BCUT2D eigenvalue weighted by molar-refractivity contribution is 5.95. The number of benzene rings is 2. The predicted molar refractivity (Wildman–Crippen MR) is 127 cm³/mol. The second-order valence-corrected chi connectivity index (χ2v) is 8.44. The number of nitrogens with zero attached hydrogens (tertiary/aromatic N) is 1. The first-order chi connectivity index (χ1) is 16.7. The van der Waals surface area contributed by atoms with Gasteiger partial charge in [0, 0.05) is 23.5 Å². The number of amides is 1. The Balaban J connectivity index is 1.32. The molecule has 1 atom stereocenters. The molecule has 1 N–H and O–H groups in total. The molecule has 2 aliphatic rings. The van der Waals surface area contributed by atoms with Crippen LogP contribution in [0.4, 0.5) is 0 Å². The SMILES string of the molecule is CCOc1cc(C(=O)NC(c2ccc3c(c2)OCCO3)C2CC2)ccc1OCc1cccnc1. The van der Waals surface area contributed by atoms with Crippen molar-refractivity contribution in [3.63, 3.8) is 0 Å². The average Bonchev–Trinajstić information content (AvgIpc) is 3.72. The Hall–Kier alpha value is -3.74. The molecular weight excluding hydrogens is 432 g/mol. The van der Waals surface area contributed by atoms with Gasteiger partial charge in [0.2, 0.25) is 0 Å². The highest BCUT2D eigenvalue weighted by Crippen LogP contribution is 2.43. The van der Waals surface area contributed by atoms with Crippen LogP contribution in [0.2, 0.25) is 0 Å². The summed E-state index contributed by atoms with van der Waals surface area (Å²) in [5.41, 5.74) is 2.51. The number of nitrogens with one attached hydrogen (secondary N) is 1. The fourth-order valence-corrected chi connectivity index (χ4v) is 4.06. The molecule has 1 aliphatic carbocycles. The molecule has 1 aromatic heterocycles. The van der Waals surface area contributed by atoms with E-state index in [-0.39, 0.29) is 11.9 Å². The van der Waals surface area contributed by atoms with Crippen LogP contribution in [0.25, 0.3) is 0 Å². The molecule has 34 heavy (non-hydrogen) atoms. The molecule has 1 saturated carbocycles. The van der Waals surface area contributed by atoms with E-state index < -0.39 is 0 Å². The minimum Gasteiger partial charge on any atom is -0.490 e. The van der Waals surface area contributed by atoms with Gasteiger partial charge in [0.25, 0.3) is 5.91 Å². The summed E-state index contributed by atoms with van der Waals surface area (Å²) in [6.45, 7) is 3.83. The Morgan fingerprint density at radius 2 is 1.91 bits per heavy atom. The van der Waals surface area contributed by atoms with E-state index in [2.05, 4.69) is 10.3 Å². The molecule has 0 spiro atoms. The maximum absolute atomic E-state index is 13.2. The zero-order chi connectivity index (χ0) is 23.3. The van der Waals surface area contributed by atoms with Crippen LogP contribution < -0.4 is 24.3 Å². The summed E-state index contributed by atoms with van der Waals surface area (Å²) in [6.07, 6.45) is 5.66. The fourth-order valence-electron chi connectivity index (χ4n) is 4.06. The van der Waals surface area contributed by atoms with Crippen LogP contribution in [0.15, 0.2) is 60.9 Å². The van der Waals surface area contributed by atoms with Crippen LogP contribution >= 0.6 is 0 Å². The van der Waals surface area contributed by atoms with Crippen molar-refractivity contribution in [2.75, 3.05) is 19.8 Å². The average molecular weight is 461 g/mol. The van der Waals surface area contributed by atoms with Crippen molar-refractivity contribution >= 4 is 5.91 Å². The number of hydrogen-bond donors (Lipinski definition) is 1. The molecule has 1 aliphatic heterocycles. The number of carbonyl (C=O) groups excluding carboxylic acids is 1. The van der Waals surface area contributed by atoms with Crippen LogP contribution in [0, 0.1) is 5.92 Å². The second kappa shape index (κ2) is 10.0. The zero-order valence-corrected chi connectivity index (χ0v) is 19.2. The molecule has 0 saturated heterocycles. The maximum atomic E-state index is 13.2. The summed E-state index contributed by atoms with van der Waals surface area (Å²) in [6, 6.07) is 14.9. The van der Waals surface area contributed by atoms with Crippen molar-refractivity contribution in [2.24, 2.45) is 5.92 Å². The molecule has 7 nitrogen and oxygen atoms in total. The highest BCUT2D eigenvalue weighted by Gasteiger charge is 2.34. The third-order valence-corrected chi connectivity index (χ3v) is 5.93. The lowest BCUT2D eigenvalue weighted by atomic mass is 10.0. The molecule has 7 heteroatoms. The number of aromatic nitrogens is 1. The van der Waals surface area contributed by atoms with Crippen LogP contribution in [-0.4, -0.2) is 30.7 Å². The molecule has 2 heterocycles. The molecule has 1 fully saturated rings. The van der Waals surface area contributed by atoms with Crippen LogP contribution in [0.5, 0.6) is 23.0 Å². The highest BCUT2D eigenvalue weighted by atomic mass is 16.6. The minimum atomic E-state index is -0.147. The van der Waals surface area contributed by atoms with E-state index in [4.69, 9.17) is 18.9 Å². The fraction of sp³-hybridized carbons (Fsp3) is 0.333. The van der Waals surface area contributed by atoms with Crippen molar-refractivity contribution in [2.45, 2.75) is 32.4 Å². The minimum absolute atomic E-state index is 0.0830. The van der Waals surface area contributed by atoms with Gasteiger partial charge in [-0.2, -0.15) is 0 Å². The van der Waals surface area contributed by atoms with Gasteiger partial charge in [-0.3, -0.25) is 9.78 Å². The molecule has 1 amide bonds. The van der Waals surface area contributed by atoms with Crippen LogP contribution in [0.1, 0.15) is 47.3 Å². The summed E-state index contributed by atoms with van der Waals surface area (Å²) in [7, 11) is 0. The van der Waals surface area contributed by atoms with Gasteiger partial charge in [0.05, 0.1) is 12.6 Å². The van der Waals surface area contributed by atoms with Gasteiger partial charge in [0.15, 0.2) is 23.0 Å². The van der Waals surface area contributed by atoms with Crippen molar-refractivity contribution in [3.05, 3.63) is 77.6 Å². The van der Waals surface area contributed by atoms with Gasteiger partial charge in [-0.05, 0) is 67.6 Å². The summed E-state index contributed by atoms with van der Waals surface area (Å²) >= 11 is 0. The Labute approximate surface area is 199 Å². The van der Waals surface area contributed by atoms with Crippen LogP contribution in [0.3, 0.4) is 0 Å². The summed E-state index contributed by atoms with van der Waals surface area (Å²) < 4.78 is 23.1. The maximum Gasteiger partial charge on any atom is 0.251 e. The van der Waals surface area contributed by atoms with E-state index >= 15 is 0 Å². The molecule has 176 valence electrons. The third-order valence-electron chi connectivity index (χ3n) is 5.93. The van der Waals surface area contributed by atoms with Gasteiger partial charge in [0.1, 0.15) is 19.8 Å². The Morgan fingerprint density at radius 3 is 2.68 bits per heavy atom. The van der Waals surface area contributed by atoms with Crippen molar-refractivity contribution in [1.82, 2.24) is 10.3 Å². The Morgan fingerprint density at radius 1 is 1.06 bits per heavy atom. The first kappa shape index (κ1) is 22.1. The number of hydrogen-bond acceptors (Lipinski definition) is 6. The number of rotatable bonds is 9. The first-order valence-corrected chi connectivity index (χ1v) is 11.7. The van der Waals surface area contributed by atoms with Crippen molar-refractivity contribution < 1.29 is 23.7 Å². The summed E-state index contributed by atoms with van der Waals surface area (Å²) in [4.78, 5) is 17.3. The smallest absolute Gasteiger partial charge is 0.251 e. The van der Waals surface area contributed by atoms with Gasteiger partial charge in [-0.1, -0.05) is 12.1 Å². The summed E-state index contributed by atoms with van der Waals surface area (Å²) in [5, 5.41) is 3.23. The monoisotopic (exact) mass is 460 g/mol. The molecule has 0 radical (unpaired) electrons. The van der Waals surface area contributed by atoms with E-state index in [1.807, 2.05) is 37.3 Å². The van der Waals surface area contributed by atoms with E-state index in [1.165, 1.54) is 0 Å². The molecular formula is C27H28N2O5. The number of carbonyl (C=O) groups is 1. The molecule has 3 aromatic rings.